The summed E-state index contributed by atoms with van der Waals surface area (Å²) in [7, 11) is 1.78. The first-order chi connectivity index (χ1) is 8.10. The van der Waals surface area contributed by atoms with Crippen LogP contribution in [0.3, 0.4) is 0 Å². The number of hydrogen-bond acceptors (Lipinski definition) is 4. The number of rotatable bonds is 2. The Balaban J connectivity index is 2.68. The Bertz CT molecular complexity index is 528. The van der Waals surface area contributed by atoms with Gasteiger partial charge in [-0.2, -0.15) is 0 Å². The van der Waals surface area contributed by atoms with Crippen molar-refractivity contribution in [2.75, 3.05) is 12.4 Å². The van der Waals surface area contributed by atoms with Gasteiger partial charge in [0.2, 0.25) is 0 Å². The second kappa shape index (κ2) is 4.25. The van der Waals surface area contributed by atoms with Crippen LogP contribution in [0.5, 0.6) is 0 Å². The van der Waals surface area contributed by atoms with Gasteiger partial charge in [-0.05, 0) is 24.0 Å². The predicted molar refractivity (Wildman–Crippen MR) is 72.0 cm³/mol. The molecule has 0 saturated carbocycles. The Morgan fingerprint density at radius 1 is 1.53 bits per heavy atom. The summed E-state index contributed by atoms with van der Waals surface area (Å²) < 4.78 is 0. The van der Waals surface area contributed by atoms with Crippen molar-refractivity contribution in [3.63, 3.8) is 0 Å². The van der Waals surface area contributed by atoms with Gasteiger partial charge in [0, 0.05) is 23.7 Å². The van der Waals surface area contributed by atoms with Crippen LogP contribution in [0, 0.1) is 0 Å². The largest absolute Gasteiger partial charge is 0.404 e. The average molecular weight is 249 g/mol. The van der Waals surface area contributed by atoms with E-state index in [2.05, 4.69) is 11.9 Å². The molecular formula is C12H15N3OS. The number of amides is 1. The van der Waals surface area contributed by atoms with E-state index in [1.807, 2.05) is 0 Å². The molecule has 0 fully saturated rings. The van der Waals surface area contributed by atoms with Crippen molar-refractivity contribution in [1.82, 2.24) is 0 Å². The smallest absolute Gasteiger partial charge is 0.251 e. The normalized spacial score (nSPS) is 17.0. The fourth-order valence-corrected chi connectivity index (χ4v) is 3.40. The fraction of sp³-hybridized carbons (Fsp3) is 0.250. The second-order valence-electron chi connectivity index (χ2n) is 3.91. The van der Waals surface area contributed by atoms with Gasteiger partial charge in [0.05, 0.1) is 5.56 Å². The van der Waals surface area contributed by atoms with Gasteiger partial charge in [0.15, 0.2) is 0 Å². The molecule has 0 aromatic carbocycles. The minimum Gasteiger partial charge on any atom is -0.404 e. The summed E-state index contributed by atoms with van der Waals surface area (Å²) in [6.07, 6.45) is 3.17. The Kier molecular flexibility index (Phi) is 2.93. The first kappa shape index (κ1) is 11.7. The van der Waals surface area contributed by atoms with Gasteiger partial charge in [-0.25, -0.2) is 0 Å². The summed E-state index contributed by atoms with van der Waals surface area (Å²) in [5.74, 6) is -0.393. The highest BCUT2D eigenvalue weighted by molar-refractivity contribution is 7.17. The SMILES string of the molecule is C=C1CCc2c(sc(NC)c2C(N)=O)/C1=C/N. The lowest BCUT2D eigenvalue weighted by molar-refractivity contribution is 0.100. The van der Waals surface area contributed by atoms with E-state index in [1.54, 1.807) is 13.2 Å². The van der Waals surface area contributed by atoms with Crippen LogP contribution in [0.1, 0.15) is 27.2 Å². The summed E-state index contributed by atoms with van der Waals surface area (Å²) in [5, 5.41) is 3.82. The summed E-state index contributed by atoms with van der Waals surface area (Å²) in [5.41, 5.74) is 14.6. The third-order valence-corrected chi connectivity index (χ3v) is 4.23. The first-order valence-corrected chi connectivity index (χ1v) is 6.15. The van der Waals surface area contributed by atoms with Crippen LogP contribution < -0.4 is 16.8 Å². The van der Waals surface area contributed by atoms with Crippen LogP contribution in [-0.2, 0) is 6.42 Å². The lowest BCUT2D eigenvalue weighted by Gasteiger charge is -2.17. The molecule has 1 aliphatic carbocycles. The molecule has 0 spiro atoms. The lowest BCUT2D eigenvalue weighted by Crippen LogP contribution is -2.15. The molecule has 4 nitrogen and oxygen atoms in total. The number of hydrogen-bond donors (Lipinski definition) is 3. The van der Waals surface area contributed by atoms with Gasteiger partial charge in [-0.15, -0.1) is 11.3 Å². The standard InChI is InChI=1S/C12H15N3OS/c1-6-3-4-7-9(11(14)16)12(15-2)17-10(7)8(6)5-13/h5,15H,1,3-4,13H2,2H3,(H2,14,16)/b8-5+. The minimum absolute atomic E-state index is 0.393. The summed E-state index contributed by atoms with van der Waals surface area (Å²) in [6.45, 7) is 4.00. The highest BCUT2D eigenvalue weighted by Gasteiger charge is 2.27. The van der Waals surface area contributed by atoms with E-state index < -0.39 is 5.91 Å². The van der Waals surface area contributed by atoms with Crippen molar-refractivity contribution in [2.45, 2.75) is 12.8 Å². The number of anilines is 1. The maximum Gasteiger partial charge on any atom is 0.251 e. The number of thiophene rings is 1. The zero-order chi connectivity index (χ0) is 12.6. The number of primary amides is 1. The Labute approximate surface area is 104 Å². The van der Waals surface area contributed by atoms with Crippen molar-refractivity contribution < 1.29 is 4.79 Å². The van der Waals surface area contributed by atoms with Crippen molar-refractivity contribution in [3.05, 3.63) is 34.4 Å². The third-order valence-electron chi connectivity index (χ3n) is 2.95. The molecule has 90 valence electrons. The monoisotopic (exact) mass is 249 g/mol. The molecule has 1 aromatic rings. The van der Waals surface area contributed by atoms with Crippen LogP contribution in [0.2, 0.25) is 0 Å². The van der Waals surface area contributed by atoms with E-state index in [9.17, 15) is 4.79 Å². The van der Waals surface area contributed by atoms with E-state index in [0.29, 0.717) is 5.56 Å². The van der Waals surface area contributed by atoms with Crippen LogP contribution in [0.4, 0.5) is 5.00 Å². The zero-order valence-corrected chi connectivity index (χ0v) is 10.5. The van der Waals surface area contributed by atoms with Gasteiger partial charge in [0.1, 0.15) is 5.00 Å². The van der Waals surface area contributed by atoms with E-state index in [4.69, 9.17) is 11.5 Å². The number of allylic oxidation sites excluding steroid dienone is 2. The molecule has 17 heavy (non-hydrogen) atoms. The number of nitrogens with two attached hydrogens (primary N) is 2. The minimum atomic E-state index is -0.393. The Morgan fingerprint density at radius 3 is 2.76 bits per heavy atom. The number of nitrogens with one attached hydrogen (secondary N) is 1. The molecule has 5 heteroatoms. The van der Waals surface area contributed by atoms with Gasteiger partial charge >= 0.3 is 0 Å². The van der Waals surface area contributed by atoms with E-state index in [0.717, 1.165) is 39.4 Å². The molecule has 0 unspecified atom stereocenters. The molecule has 5 N–H and O–H groups in total. The topological polar surface area (TPSA) is 81.1 Å². The van der Waals surface area contributed by atoms with Crippen molar-refractivity contribution >= 4 is 27.8 Å². The maximum absolute atomic E-state index is 11.5. The molecular weight excluding hydrogens is 234 g/mol. The molecule has 1 aliphatic rings. The Hall–Kier alpha value is -1.75. The average Bonchev–Trinajstić information content (AvgIpc) is 2.67. The van der Waals surface area contributed by atoms with Crippen molar-refractivity contribution in [1.29, 1.82) is 0 Å². The van der Waals surface area contributed by atoms with E-state index in [-0.39, 0.29) is 0 Å². The van der Waals surface area contributed by atoms with E-state index >= 15 is 0 Å². The number of carbonyl (C=O) groups excluding carboxylic acids is 1. The predicted octanol–water partition coefficient (Wildman–Crippen LogP) is 1.69. The highest BCUT2D eigenvalue weighted by Crippen LogP contribution is 2.44. The van der Waals surface area contributed by atoms with Gasteiger partial charge < -0.3 is 16.8 Å². The molecule has 1 aromatic heterocycles. The van der Waals surface area contributed by atoms with Crippen molar-refractivity contribution in [3.8, 4) is 0 Å². The van der Waals surface area contributed by atoms with Crippen LogP contribution in [0.15, 0.2) is 18.4 Å². The zero-order valence-electron chi connectivity index (χ0n) is 9.67. The Morgan fingerprint density at radius 2 is 2.24 bits per heavy atom. The maximum atomic E-state index is 11.5. The first-order valence-electron chi connectivity index (χ1n) is 5.33. The summed E-state index contributed by atoms with van der Waals surface area (Å²) in [6, 6.07) is 0. The van der Waals surface area contributed by atoms with Crippen LogP contribution in [0.25, 0.3) is 5.57 Å². The molecule has 2 rings (SSSR count). The van der Waals surface area contributed by atoms with E-state index in [1.165, 1.54) is 11.3 Å². The molecule has 0 radical (unpaired) electrons. The summed E-state index contributed by atoms with van der Waals surface area (Å²) >= 11 is 1.51. The van der Waals surface area contributed by atoms with Crippen molar-refractivity contribution in [2.24, 2.45) is 11.5 Å². The fourth-order valence-electron chi connectivity index (χ4n) is 2.12. The van der Waals surface area contributed by atoms with Gasteiger partial charge in [-0.3, -0.25) is 4.79 Å². The molecule has 1 heterocycles. The highest BCUT2D eigenvalue weighted by atomic mass is 32.1. The number of fused-ring (bicyclic) bond motifs is 1. The third kappa shape index (κ3) is 1.72. The van der Waals surface area contributed by atoms with Gasteiger partial charge in [-0.1, -0.05) is 6.58 Å². The molecule has 0 aliphatic heterocycles. The second-order valence-corrected chi connectivity index (χ2v) is 4.93. The molecule has 0 atom stereocenters. The number of carbonyl (C=O) groups is 1. The molecule has 0 bridgehead atoms. The van der Waals surface area contributed by atoms with Crippen LogP contribution >= 0.6 is 11.3 Å². The molecule has 0 saturated heterocycles. The van der Waals surface area contributed by atoms with Gasteiger partial charge in [0.25, 0.3) is 5.91 Å². The quantitative estimate of drug-likeness (QED) is 0.746. The van der Waals surface area contributed by atoms with Crippen LogP contribution in [-0.4, -0.2) is 13.0 Å². The molecule has 1 amide bonds. The summed E-state index contributed by atoms with van der Waals surface area (Å²) in [4.78, 5) is 12.5. The lowest BCUT2D eigenvalue weighted by atomic mass is 9.88.